The first kappa shape index (κ1) is 13.8. The SMILES string of the molecule is CN=C(N)NCCNC(=O)CC1CCCCC1. The molecule has 0 unspecified atom stereocenters. The van der Waals surface area contributed by atoms with Gasteiger partial charge in [-0.05, 0) is 18.8 Å². The van der Waals surface area contributed by atoms with E-state index in [0.29, 0.717) is 31.4 Å². The molecule has 0 heterocycles. The van der Waals surface area contributed by atoms with Crippen molar-refractivity contribution in [3.05, 3.63) is 0 Å². The number of nitrogens with zero attached hydrogens (tertiary/aromatic N) is 1. The van der Waals surface area contributed by atoms with E-state index in [0.717, 1.165) is 0 Å². The fourth-order valence-corrected chi connectivity index (χ4v) is 2.20. The zero-order valence-electron chi connectivity index (χ0n) is 10.7. The summed E-state index contributed by atoms with van der Waals surface area (Å²) < 4.78 is 0. The molecule has 0 radical (unpaired) electrons. The van der Waals surface area contributed by atoms with Crippen molar-refractivity contribution in [1.29, 1.82) is 0 Å². The Hall–Kier alpha value is -1.26. The second-order valence-corrected chi connectivity index (χ2v) is 4.59. The van der Waals surface area contributed by atoms with Crippen LogP contribution in [0.2, 0.25) is 0 Å². The maximum atomic E-state index is 11.6. The highest BCUT2D eigenvalue weighted by atomic mass is 16.1. The summed E-state index contributed by atoms with van der Waals surface area (Å²) >= 11 is 0. The van der Waals surface area contributed by atoms with Gasteiger partial charge in [-0.15, -0.1) is 0 Å². The fraction of sp³-hybridized carbons (Fsp3) is 0.833. The smallest absolute Gasteiger partial charge is 0.220 e. The van der Waals surface area contributed by atoms with Gasteiger partial charge in [0.05, 0.1) is 0 Å². The van der Waals surface area contributed by atoms with Gasteiger partial charge in [-0.3, -0.25) is 9.79 Å². The number of guanidine groups is 1. The number of amides is 1. The molecule has 0 aromatic heterocycles. The van der Waals surface area contributed by atoms with E-state index >= 15 is 0 Å². The van der Waals surface area contributed by atoms with E-state index in [1.54, 1.807) is 7.05 Å². The standard InChI is InChI=1S/C12H24N4O/c1-14-12(13)16-8-7-15-11(17)9-10-5-3-2-4-6-10/h10H,2-9H2,1H3,(H,15,17)(H3,13,14,16). The third-order valence-corrected chi connectivity index (χ3v) is 3.19. The minimum Gasteiger partial charge on any atom is -0.370 e. The molecule has 1 rings (SSSR count). The first-order chi connectivity index (χ1) is 8.22. The van der Waals surface area contributed by atoms with Gasteiger partial charge < -0.3 is 16.4 Å². The molecule has 0 aliphatic heterocycles. The van der Waals surface area contributed by atoms with Gasteiger partial charge in [-0.1, -0.05) is 19.3 Å². The topological polar surface area (TPSA) is 79.5 Å². The Balaban J connectivity index is 2.04. The molecular formula is C12H24N4O. The Morgan fingerprint density at radius 2 is 1.88 bits per heavy atom. The van der Waals surface area contributed by atoms with Gasteiger partial charge in [0, 0.05) is 26.6 Å². The zero-order valence-corrected chi connectivity index (χ0v) is 10.7. The number of aliphatic imine (C=N–C) groups is 1. The average Bonchev–Trinajstić information content (AvgIpc) is 2.35. The molecule has 1 aliphatic rings. The lowest BCUT2D eigenvalue weighted by Crippen LogP contribution is -2.38. The van der Waals surface area contributed by atoms with Gasteiger partial charge in [-0.2, -0.15) is 0 Å². The second-order valence-electron chi connectivity index (χ2n) is 4.59. The molecular weight excluding hydrogens is 216 g/mol. The van der Waals surface area contributed by atoms with Gasteiger partial charge in [0.2, 0.25) is 5.91 Å². The number of hydrogen-bond acceptors (Lipinski definition) is 2. The van der Waals surface area contributed by atoms with E-state index < -0.39 is 0 Å². The van der Waals surface area contributed by atoms with Crippen LogP contribution in [0.15, 0.2) is 4.99 Å². The maximum absolute atomic E-state index is 11.6. The van der Waals surface area contributed by atoms with E-state index in [-0.39, 0.29) is 5.91 Å². The van der Waals surface area contributed by atoms with Gasteiger partial charge in [0.15, 0.2) is 5.96 Å². The van der Waals surface area contributed by atoms with Crippen LogP contribution in [-0.2, 0) is 4.79 Å². The highest BCUT2D eigenvalue weighted by molar-refractivity contribution is 5.78. The average molecular weight is 240 g/mol. The van der Waals surface area contributed by atoms with E-state index in [1.165, 1.54) is 32.1 Å². The largest absolute Gasteiger partial charge is 0.370 e. The van der Waals surface area contributed by atoms with Crippen molar-refractivity contribution in [2.75, 3.05) is 20.1 Å². The van der Waals surface area contributed by atoms with Crippen molar-refractivity contribution in [2.45, 2.75) is 38.5 Å². The summed E-state index contributed by atoms with van der Waals surface area (Å²) in [6, 6.07) is 0. The molecule has 0 atom stereocenters. The van der Waals surface area contributed by atoms with E-state index in [1.807, 2.05) is 0 Å². The molecule has 0 aromatic rings. The normalized spacial score (nSPS) is 17.8. The summed E-state index contributed by atoms with van der Waals surface area (Å²) in [5, 5.41) is 5.80. The highest BCUT2D eigenvalue weighted by Gasteiger charge is 2.16. The van der Waals surface area contributed by atoms with Gasteiger partial charge in [0.25, 0.3) is 0 Å². The molecule has 98 valence electrons. The van der Waals surface area contributed by atoms with Gasteiger partial charge in [0.1, 0.15) is 0 Å². The number of rotatable bonds is 5. The monoisotopic (exact) mass is 240 g/mol. The summed E-state index contributed by atoms with van der Waals surface area (Å²) in [5.74, 6) is 1.16. The summed E-state index contributed by atoms with van der Waals surface area (Å²) in [6.07, 6.45) is 6.99. The molecule has 0 aromatic carbocycles. The lowest BCUT2D eigenvalue weighted by molar-refractivity contribution is -0.122. The maximum Gasteiger partial charge on any atom is 0.220 e. The van der Waals surface area contributed by atoms with Crippen LogP contribution in [0.3, 0.4) is 0 Å². The molecule has 4 N–H and O–H groups in total. The summed E-state index contributed by atoms with van der Waals surface area (Å²) in [7, 11) is 1.63. The van der Waals surface area contributed by atoms with Crippen molar-refractivity contribution in [1.82, 2.24) is 10.6 Å². The molecule has 0 saturated heterocycles. The predicted molar refractivity (Wildman–Crippen MR) is 69.8 cm³/mol. The molecule has 1 aliphatic carbocycles. The van der Waals surface area contributed by atoms with E-state index in [2.05, 4.69) is 15.6 Å². The minimum atomic E-state index is 0.158. The first-order valence-electron chi connectivity index (χ1n) is 6.45. The molecule has 1 fully saturated rings. The molecule has 5 heteroatoms. The molecule has 5 nitrogen and oxygen atoms in total. The number of nitrogens with two attached hydrogens (primary N) is 1. The third-order valence-electron chi connectivity index (χ3n) is 3.19. The van der Waals surface area contributed by atoms with Gasteiger partial charge >= 0.3 is 0 Å². The number of carbonyl (C=O) groups is 1. The van der Waals surface area contributed by atoms with Crippen LogP contribution in [0.1, 0.15) is 38.5 Å². The van der Waals surface area contributed by atoms with Crippen LogP contribution in [0.25, 0.3) is 0 Å². The van der Waals surface area contributed by atoms with Crippen LogP contribution in [0.5, 0.6) is 0 Å². The van der Waals surface area contributed by atoms with Crippen molar-refractivity contribution in [3.8, 4) is 0 Å². The predicted octanol–water partition coefficient (Wildman–Crippen LogP) is 0.607. The Bertz CT molecular complexity index is 259. The van der Waals surface area contributed by atoms with E-state index in [9.17, 15) is 4.79 Å². The number of carbonyl (C=O) groups excluding carboxylic acids is 1. The molecule has 1 saturated carbocycles. The van der Waals surface area contributed by atoms with Crippen molar-refractivity contribution in [2.24, 2.45) is 16.6 Å². The lowest BCUT2D eigenvalue weighted by atomic mass is 9.87. The molecule has 0 spiro atoms. The van der Waals surface area contributed by atoms with Crippen molar-refractivity contribution < 1.29 is 4.79 Å². The first-order valence-corrected chi connectivity index (χ1v) is 6.45. The van der Waals surface area contributed by atoms with E-state index in [4.69, 9.17) is 5.73 Å². The van der Waals surface area contributed by atoms with Crippen molar-refractivity contribution in [3.63, 3.8) is 0 Å². The molecule has 0 bridgehead atoms. The lowest BCUT2D eigenvalue weighted by Gasteiger charge is -2.20. The molecule has 1 amide bonds. The summed E-state index contributed by atoms with van der Waals surface area (Å²) in [6.45, 7) is 1.22. The number of nitrogens with one attached hydrogen (secondary N) is 2. The Kier molecular flexibility index (Phi) is 6.43. The molecule has 17 heavy (non-hydrogen) atoms. The Labute approximate surface area is 103 Å². The second kappa shape index (κ2) is 7.92. The Morgan fingerprint density at radius 1 is 1.24 bits per heavy atom. The van der Waals surface area contributed by atoms with Crippen LogP contribution in [-0.4, -0.2) is 32.0 Å². The minimum absolute atomic E-state index is 0.158. The summed E-state index contributed by atoms with van der Waals surface area (Å²) in [5.41, 5.74) is 5.47. The summed E-state index contributed by atoms with van der Waals surface area (Å²) in [4.78, 5) is 15.4. The quantitative estimate of drug-likeness (QED) is 0.374. The third kappa shape index (κ3) is 6.14. The van der Waals surface area contributed by atoms with Crippen LogP contribution in [0, 0.1) is 5.92 Å². The van der Waals surface area contributed by atoms with Crippen LogP contribution in [0.4, 0.5) is 0 Å². The van der Waals surface area contributed by atoms with Gasteiger partial charge in [-0.25, -0.2) is 0 Å². The van der Waals surface area contributed by atoms with Crippen molar-refractivity contribution >= 4 is 11.9 Å². The Morgan fingerprint density at radius 3 is 2.53 bits per heavy atom. The van der Waals surface area contributed by atoms with Crippen LogP contribution < -0.4 is 16.4 Å². The zero-order chi connectivity index (χ0) is 12.5. The highest BCUT2D eigenvalue weighted by Crippen LogP contribution is 2.25. The van der Waals surface area contributed by atoms with Crippen LogP contribution >= 0.6 is 0 Å². The fourth-order valence-electron chi connectivity index (χ4n) is 2.20. The number of hydrogen-bond donors (Lipinski definition) is 3.